The summed E-state index contributed by atoms with van der Waals surface area (Å²) in [4.78, 5) is 4.08. The molecule has 18 heavy (non-hydrogen) atoms. The summed E-state index contributed by atoms with van der Waals surface area (Å²) < 4.78 is 0. The zero-order valence-electron chi connectivity index (χ0n) is 9.21. The average Bonchev–Trinajstić information content (AvgIpc) is 2.38. The molecule has 2 aromatic rings. The Labute approximate surface area is 109 Å². The topological polar surface area (TPSA) is 77.1 Å². The largest absolute Gasteiger partial charge is 0.490 e. The van der Waals surface area contributed by atoms with Gasteiger partial charge in [0.25, 0.3) is 0 Å². The van der Waals surface area contributed by atoms with Gasteiger partial charge >= 0.3 is 7.12 Å². The van der Waals surface area contributed by atoms with Gasteiger partial charge in [-0.15, -0.1) is 0 Å². The Morgan fingerprint density at radius 3 is 2.61 bits per heavy atom. The molecule has 0 radical (unpaired) electrons. The number of halogens is 1. The first-order valence-electron chi connectivity index (χ1n) is 5.14. The van der Waals surface area contributed by atoms with Crippen LogP contribution in [0.2, 0.25) is 5.02 Å². The molecule has 0 fully saturated rings. The highest BCUT2D eigenvalue weighted by molar-refractivity contribution is 6.59. The van der Waals surface area contributed by atoms with Crippen LogP contribution in [0.15, 0.2) is 36.5 Å². The number of hydrogen-bond donors (Lipinski definition) is 2. The minimum Gasteiger partial charge on any atom is -0.423 e. The van der Waals surface area contributed by atoms with Crippen LogP contribution in [0.3, 0.4) is 0 Å². The van der Waals surface area contributed by atoms with E-state index in [0.29, 0.717) is 16.8 Å². The molecule has 0 aliphatic heterocycles. The molecule has 2 N–H and O–H groups in total. The van der Waals surface area contributed by atoms with Gasteiger partial charge in [0, 0.05) is 17.2 Å². The summed E-state index contributed by atoms with van der Waals surface area (Å²) in [6.07, 6.45) is 1.32. The molecule has 4 nitrogen and oxygen atoms in total. The molecule has 0 unspecified atom stereocenters. The highest BCUT2D eigenvalue weighted by Crippen LogP contribution is 2.27. The molecule has 0 spiro atoms. The zero-order valence-corrected chi connectivity index (χ0v) is 9.96. The third kappa shape index (κ3) is 2.36. The maximum absolute atomic E-state index is 9.01. The lowest BCUT2D eigenvalue weighted by Gasteiger charge is -2.07. The fraction of sp³-hybridized carbons (Fsp3) is 0. The SMILES string of the molecule is N#Cc1ccccc1-c1ncc(B(O)O)cc1Cl. The van der Waals surface area contributed by atoms with Crippen LogP contribution in [0, 0.1) is 11.3 Å². The van der Waals surface area contributed by atoms with E-state index in [1.807, 2.05) is 0 Å². The number of aromatic nitrogens is 1. The van der Waals surface area contributed by atoms with Crippen molar-refractivity contribution in [1.29, 1.82) is 5.26 Å². The van der Waals surface area contributed by atoms with Crippen molar-refractivity contribution in [3.63, 3.8) is 0 Å². The molecule has 0 amide bonds. The van der Waals surface area contributed by atoms with Crippen LogP contribution >= 0.6 is 11.6 Å². The predicted octanol–water partition coefficient (Wildman–Crippen LogP) is 0.953. The van der Waals surface area contributed by atoms with Gasteiger partial charge in [-0.1, -0.05) is 29.8 Å². The van der Waals surface area contributed by atoms with Gasteiger partial charge < -0.3 is 10.0 Å². The molecule has 0 aliphatic rings. The van der Waals surface area contributed by atoms with Crippen LogP contribution in [-0.4, -0.2) is 22.2 Å². The van der Waals surface area contributed by atoms with E-state index in [1.54, 1.807) is 24.3 Å². The number of rotatable bonds is 2. The minimum atomic E-state index is -1.62. The highest BCUT2D eigenvalue weighted by Gasteiger charge is 2.15. The second-order valence-corrected chi connectivity index (χ2v) is 4.04. The van der Waals surface area contributed by atoms with Crippen molar-refractivity contribution in [2.24, 2.45) is 0 Å². The third-order valence-corrected chi connectivity index (χ3v) is 2.75. The molecule has 1 aromatic heterocycles. The number of pyridine rings is 1. The average molecular weight is 258 g/mol. The van der Waals surface area contributed by atoms with Crippen LogP contribution in [0.25, 0.3) is 11.3 Å². The Bertz CT molecular complexity index is 626. The second-order valence-electron chi connectivity index (χ2n) is 3.63. The Hall–Kier alpha value is -1.87. The lowest BCUT2D eigenvalue weighted by molar-refractivity contribution is 0.425. The number of nitrogens with zero attached hydrogens (tertiary/aromatic N) is 2. The van der Waals surface area contributed by atoms with E-state index in [2.05, 4.69) is 11.1 Å². The first-order chi connectivity index (χ1) is 8.63. The lowest BCUT2D eigenvalue weighted by Crippen LogP contribution is -2.30. The fourth-order valence-corrected chi connectivity index (χ4v) is 1.86. The first kappa shape index (κ1) is 12.6. The molecule has 2 rings (SSSR count). The Morgan fingerprint density at radius 2 is 2.00 bits per heavy atom. The first-order valence-corrected chi connectivity index (χ1v) is 5.52. The Kier molecular flexibility index (Phi) is 3.63. The lowest BCUT2D eigenvalue weighted by atomic mass is 9.81. The van der Waals surface area contributed by atoms with Crippen LogP contribution in [0.1, 0.15) is 5.56 Å². The van der Waals surface area contributed by atoms with Crippen molar-refractivity contribution in [2.75, 3.05) is 0 Å². The van der Waals surface area contributed by atoms with Gasteiger partial charge in [-0.3, -0.25) is 4.98 Å². The van der Waals surface area contributed by atoms with Crippen molar-refractivity contribution in [2.45, 2.75) is 0 Å². The van der Waals surface area contributed by atoms with Crippen LogP contribution in [0.4, 0.5) is 0 Å². The predicted molar refractivity (Wildman–Crippen MR) is 69.2 cm³/mol. The van der Waals surface area contributed by atoms with Gasteiger partial charge in [0.2, 0.25) is 0 Å². The standard InChI is InChI=1S/C12H8BClN2O2/c14-11-5-9(13(17)18)7-16-12(11)10-4-2-1-3-8(10)6-15/h1-5,7,17-18H. The molecular formula is C12H8BClN2O2. The molecule has 0 saturated carbocycles. The Morgan fingerprint density at radius 1 is 1.28 bits per heavy atom. The second kappa shape index (κ2) is 5.19. The van der Waals surface area contributed by atoms with E-state index >= 15 is 0 Å². The van der Waals surface area contributed by atoms with Gasteiger partial charge in [0.1, 0.15) is 0 Å². The summed E-state index contributed by atoms with van der Waals surface area (Å²) in [5, 5.41) is 27.3. The molecular weight excluding hydrogens is 250 g/mol. The van der Waals surface area contributed by atoms with Crippen LogP contribution < -0.4 is 5.46 Å². The van der Waals surface area contributed by atoms with Crippen LogP contribution in [0.5, 0.6) is 0 Å². The van der Waals surface area contributed by atoms with E-state index in [0.717, 1.165) is 0 Å². The molecule has 1 aromatic carbocycles. The molecule has 0 atom stereocenters. The summed E-state index contributed by atoms with van der Waals surface area (Å²) in [6.45, 7) is 0. The summed E-state index contributed by atoms with van der Waals surface area (Å²) in [7, 11) is -1.62. The summed E-state index contributed by atoms with van der Waals surface area (Å²) in [6, 6.07) is 10.4. The van der Waals surface area contributed by atoms with Crippen molar-refractivity contribution in [3.05, 3.63) is 47.1 Å². The molecule has 6 heteroatoms. The molecule has 0 bridgehead atoms. The summed E-state index contributed by atoms with van der Waals surface area (Å²) >= 11 is 6.04. The van der Waals surface area contributed by atoms with Crippen molar-refractivity contribution >= 4 is 24.2 Å². The van der Waals surface area contributed by atoms with Crippen molar-refractivity contribution in [3.8, 4) is 17.3 Å². The monoisotopic (exact) mass is 258 g/mol. The van der Waals surface area contributed by atoms with E-state index < -0.39 is 7.12 Å². The number of hydrogen-bond acceptors (Lipinski definition) is 4. The van der Waals surface area contributed by atoms with E-state index in [9.17, 15) is 0 Å². The van der Waals surface area contributed by atoms with Crippen LogP contribution in [-0.2, 0) is 0 Å². The normalized spacial score (nSPS) is 9.89. The third-order valence-electron chi connectivity index (χ3n) is 2.46. The molecule has 0 saturated heterocycles. The van der Waals surface area contributed by atoms with Crippen molar-refractivity contribution < 1.29 is 10.0 Å². The number of benzene rings is 1. The Balaban J connectivity index is 2.56. The van der Waals surface area contributed by atoms with Gasteiger partial charge in [0.05, 0.1) is 22.3 Å². The highest BCUT2D eigenvalue weighted by atomic mass is 35.5. The molecule has 88 valence electrons. The molecule has 1 heterocycles. The van der Waals surface area contributed by atoms with E-state index in [1.165, 1.54) is 12.3 Å². The maximum Gasteiger partial charge on any atom is 0.490 e. The smallest absolute Gasteiger partial charge is 0.423 e. The zero-order chi connectivity index (χ0) is 13.1. The van der Waals surface area contributed by atoms with Gasteiger partial charge in [-0.05, 0) is 12.1 Å². The minimum absolute atomic E-state index is 0.207. The van der Waals surface area contributed by atoms with Crippen molar-refractivity contribution in [1.82, 2.24) is 4.98 Å². The van der Waals surface area contributed by atoms with E-state index in [4.69, 9.17) is 26.9 Å². The molecule has 0 aliphatic carbocycles. The summed E-state index contributed by atoms with van der Waals surface area (Å²) in [5.74, 6) is 0. The fourth-order valence-electron chi connectivity index (χ4n) is 1.58. The number of nitriles is 1. The maximum atomic E-state index is 9.01. The van der Waals surface area contributed by atoms with E-state index in [-0.39, 0.29) is 10.5 Å². The van der Waals surface area contributed by atoms with Gasteiger partial charge in [0.15, 0.2) is 0 Å². The van der Waals surface area contributed by atoms with Gasteiger partial charge in [-0.2, -0.15) is 5.26 Å². The summed E-state index contributed by atoms with van der Waals surface area (Å²) in [5.41, 5.74) is 1.73. The quantitative estimate of drug-likeness (QED) is 0.786. The van der Waals surface area contributed by atoms with Gasteiger partial charge in [-0.25, -0.2) is 0 Å².